The summed E-state index contributed by atoms with van der Waals surface area (Å²) in [6, 6.07) is 13.3. The number of anilines is 1. The summed E-state index contributed by atoms with van der Waals surface area (Å²) in [5.74, 6) is -0.291. The average molecular weight is 513 g/mol. The van der Waals surface area contributed by atoms with Crippen LogP contribution >= 0.6 is 11.6 Å². The van der Waals surface area contributed by atoms with Crippen molar-refractivity contribution >= 4 is 34.1 Å². The van der Waals surface area contributed by atoms with E-state index in [1.54, 1.807) is 53.6 Å². The molecule has 2 aliphatic heterocycles. The molecule has 0 spiro atoms. The van der Waals surface area contributed by atoms with E-state index in [0.29, 0.717) is 36.9 Å². The summed E-state index contributed by atoms with van der Waals surface area (Å²) in [7, 11) is 0. The molecule has 0 atom stereocenters. The third-order valence-electron chi connectivity index (χ3n) is 6.55. The van der Waals surface area contributed by atoms with E-state index < -0.39 is 11.7 Å². The zero-order valence-corrected chi connectivity index (χ0v) is 19.7. The van der Waals surface area contributed by atoms with Crippen LogP contribution in [0.4, 0.5) is 18.9 Å². The highest BCUT2D eigenvalue weighted by Crippen LogP contribution is 2.47. The second kappa shape index (κ2) is 8.53. The van der Waals surface area contributed by atoms with Crippen LogP contribution in [-0.4, -0.2) is 41.6 Å². The summed E-state index contributed by atoms with van der Waals surface area (Å²) >= 11 is 5.97. The van der Waals surface area contributed by atoms with Crippen LogP contribution < -0.4 is 15.0 Å². The number of rotatable bonds is 4. The Morgan fingerprint density at radius 2 is 1.81 bits per heavy atom. The van der Waals surface area contributed by atoms with Crippen LogP contribution in [0.15, 0.2) is 54.7 Å². The SMILES string of the molecule is O=C1c2c(nc3c(C(F)(F)F)c(N4CCNCC4)ccc3c2OCc2ccc(Cl)cc2)-c2cccn21. The summed E-state index contributed by atoms with van der Waals surface area (Å²) in [4.78, 5) is 19.4. The first kappa shape index (κ1) is 22.9. The van der Waals surface area contributed by atoms with Crippen LogP contribution in [0.1, 0.15) is 21.5 Å². The molecule has 2 aliphatic rings. The van der Waals surface area contributed by atoms with E-state index in [4.69, 9.17) is 16.3 Å². The average Bonchev–Trinajstić information content (AvgIpc) is 3.45. The number of aromatic nitrogens is 2. The van der Waals surface area contributed by atoms with Gasteiger partial charge in [0.1, 0.15) is 29.2 Å². The molecule has 1 fully saturated rings. The van der Waals surface area contributed by atoms with Gasteiger partial charge in [-0.25, -0.2) is 4.98 Å². The van der Waals surface area contributed by atoms with Crippen molar-refractivity contribution in [3.63, 3.8) is 0 Å². The number of hydrogen-bond donors (Lipinski definition) is 1. The lowest BCUT2D eigenvalue weighted by Gasteiger charge is -2.32. The third-order valence-corrected chi connectivity index (χ3v) is 6.80. The first-order chi connectivity index (χ1) is 17.3. The van der Waals surface area contributed by atoms with E-state index in [0.717, 1.165) is 5.56 Å². The summed E-state index contributed by atoms with van der Waals surface area (Å²) in [6.07, 6.45) is -3.09. The number of fused-ring (bicyclic) bond motifs is 4. The fourth-order valence-corrected chi connectivity index (χ4v) is 5.01. The molecule has 6 nitrogen and oxygen atoms in total. The number of carbonyl (C=O) groups is 1. The summed E-state index contributed by atoms with van der Waals surface area (Å²) in [5.41, 5.74) is 0.573. The molecular formula is C26H20ClF3N4O2. The maximum Gasteiger partial charge on any atom is 0.420 e. The molecule has 6 rings (SSSR count). The second-order valence-corrected chi connectivity index (χ2v) is 9.18. The van der Waals surface area contributed by atoms with Gasteiger partial charge in [0.2, 0.25) is 0 Å². The largest absolute Gasteiger partial charge is 0.487 e. The van der Waals surface area contributed by atoms with E-state index in [9.17, 15) is 18.0 Å². The molecule has 10 heteroatoms. The number of nitrogens with one attached hydrogen (secondary N) is 1. The molecular weight excluding hydrogens is 493 g/mol. The molecule has 4 heterocycles. The molecule has 1 N–H and O–H groups in total. The Kier molecular flexibility index (Phi) is 5.42. The van der Waals surface area contributed by atoms with Crippen molar-refractivity contribution in [3.8, 4) is 17.1 Å². The van der Waals surface area contributed by atoms with E-state index in [1.165, 1.54) is 10.6 Å². The predicted molar refractivity (Wildman–Crippen MR) is 131 cm³/mol. The van der Waals surface area contributed by atoms with Gasteiger partial charge in [-0.05, 0) is 42.0 Å². The minimum Gasteiger partial charge on any atom is -0.487 e. The van der Waals surface area contributed by atoms with E-state index in [-0.39, 0.29) is 46.1 Å². The molecule has 0 aliphatic carbocycles. The number of halogens is 4. The molecule has 36 heavy (non-hydrogen) atoms. The smallest absolute Gasteiger partial charge is 0.420 e. The molecule has 1 saturated heterocycles. The highest BCUT2D eigenvalue weighted by molar-refractivity contribution is 6.30. The highest BCUT2D eigenvalue weighted by atomic mass is 35.5. The van der Waals surface area contributed by atoms with Crippen LogP contribution in [-0.2, 0) is 12.8 Å². The van der Waals surface area contributed by atoms with Crippen LogP contribution in [0.3, 0.4) is 0 Å². The van der Waals surface area contributed by atoms with Gasteiger partial charge < -0.3 is 15.0 Å². The van der Waals surface area contributed by atoms with Crippen molar-refractivity contribution in [2.45, 2.75) is 12.8 Å². The van der Waals surface area contributed by atoms with Gasteiger partial charge in [0, 0.05) is 42.8 Å². The Morgan fingerprint density at radius 3 is 2.53 bits per heavy atom. The first-order valence-corrected chi connectivity index (χ1v) is 11.8. The monoisotopic (exact) mass is 512 g/mol. The maximum absolute atomic E-state index is 14.6. The van der Waals surface area contributed by atoms with Crippen molar-refractivity contribution in [3.05, 3.63) is 76.4 Å². The number of alkyl halides is 3. The number of ether oxygens (including phenoxy) is 1. The zero-order valence-electron chi connectivity index (χ0n) is 18.9. The molecule has 0 amide bonds. The third kappa shape index (κ3) is 3.70. The van der Waals surface area contributed by atoms with Crippen molar-refractivity contribution in [2.24, 2.45) is 0 Å². The number of nitrogens with zero attached hydrogens (tertiary/aromatic N) is 3. The number of hydrogen-bond acceptors (Lipinski definition) is 5. The minimum absolute atomic E-state index is 0.0474. The molecule has 0 bridgehead atoms. The van der Waals surface area contributed by atoms with E-state index in [2.05, 4.69) is 10.3 Å². The van der Waals surface area contributed by atoms with Crippen molar-refractivity contribution in [1.29, 1.82) is 0 Å². The molecule has 0 saturated carbocycles. The van der Waals surface area contributed by atoms with Crippen LogP contribution in [0.2, 0.25) is 5.02 Å². The lowest BCUT2D eigenvalue weighted by molar-refractivity contribution is -0.136. The standard InChI is InChI=1S/C26H20ClF3N4O2/c27-16-5-3-15(4-6-16)14-36-24-17-7-8-18(33-12-9-31-10-13-33)21(26(28,29)30)22(17)32-23-19-2-1-11-34(19)25(35)20(23)24/h1-8,11,31H,9-10,12-14H2. The van der Waals surface area contributed by atoms with Crippen LogP contribution in [0.25, 0.3) is 22.3 Å². The molecule has 184 valence electrons. The van der Waals surface area contributed by atoms with Gasteiger partial charge in [0.25, 0.3) is 5.91 Å². The van der Waals surface area contributed by atoms with Gasteiger partial charge in [0.05, 0.1) is 16.9 Å². The molecule has 4 aromatic rings. The summed E-state index contributed by atoms with van der Waals surface area (Å²) < 4.78 is 51.3. The Hall–Kier alpha value is -3.56. The van der Waals surface area contributed by atoms with Crippen molar-refractivity contribution in [1.82, 2.24) is 14.9 Å². The number of carbonyl (C=O) groups excluding carboxylic acids is 1. The number of piperazine rings is 1. The minimum atomic E-state index is -4.67. The molecule has 2 aromatic heterocycles. The zero-order chi connectivity index (χ0) is 25.0. The Bertz CT molecular complexity index is 1490. The van der Waals surface area contributed by atoms with Gasteiger partial charge in [-0.1, -0.05) is 23.7 Å². The van der Waals surface area contributed by atoms with Crippen molar-refractivity contribution in [2.75, 3.05) is 31.1 Å². The molecule has 0 radical (unpaired) electrons. The van der Waals surface area contributed by atoms with E-state index in [1.807, 2.05) is 0 Å². The quantitative estimate of drug-likeness (QED) is 0.351. The van der Waals surface area contributed by atoms with E-state index >= 15 is 0 Å². The lowest BCUT2D eigenvalue weighted by atomic mass is 10.0. The Labute approximate surface area is 209 Å². The van der Waals surface area contributed by atoms with Crippen molar-refractivity contribution < 1.29 is 22.7 Å². The summed E-state index contributed by atoms with van der Waals surface area (Å²) in [6.45, 7) is 2.11. The van der Waals surface area contributed by atoms with Gasteiger partial charge in [0.15, 0.2) is 0 Å². The fraction of sp³-hybridized carbons (Fsp3) is 0.231. The first-order valence-electron chi connectivity index (χ1n) is 11.5. The van der Waals surface area contributed by atoms with Crippen LogP contribution in [0, 0.1) is 0 Å². The lowest BCUT2D eigenvalue weighted by Crippen LogP contribution is -2.44. The normalized spacial score (nSPS) is 15.3. The predicted octanol–water partition coefficient (Wildman–Crippen LogP) is 5.37. The van der Waals surface area contributed by atoms with Gasteiger partial charge in [-0.2, -0.15) is 13.2 Å². The number of pyridine rings is 1. The summed E-state index contributed by atoms with van der Waals surface area (Å²) in [5, 5.41) is 3.87. The second-order valence-electron chi connectivity index (χ2n) is 8.74. The topological polar surface area (TPSA) is 59.4 Å². The Morgan fingerprint density at radius 1 is 1.06 bits per heavy atom. The van der Waals surface area contributed by atoms with Gasteiger partial charge >= 0.3 is 6.18 Å². The maximum atomic E-state index is 14.6. The van der Waals surface area contributed by atoms with Crippen LogP contribution in [0.5, 0.6) is 5.75 Å². The van der Waals surface area contributed by atoms with Gasteiger partial charge in [-0.3, -0.25) is 9.36 Å². The fourth-order valence-electron chi connectivity index (χ4n) is 4.88. The highest BCUT2D eigenvalue weighted by Gasteiger charge is 2.41. The van der Waals surface area contributed by atoms with Gasteiger partial charge in [-0.15, -0.1) is 0 Å². The number of benzene rings is 2. The molecule has 0 unspecified atom stereocenters. The molecule has 2 aromatic carbocycles. The Balaban J connectivity index is 1.58.